The molecule has 5 nitrogen and oxygen atoms in total. The van der Waals surface area contributed by atoms with Crippen LogP contribution >= 0.6 is 34.7 Å². The molecule has 174 valence electrons. The second-order valence-electron chi connectivity index (χ2n) is 7.69. The first-order valence-corrected chi connectivity index (χ1v) is 12.2. The largest absolute Gasteiger partial charge is 0.872 e. The third-order valence-corrected chi connectivity index (χ3v) is 8.04. The number of nitrogens with zero attached hydrogens (tertiary/aromatic N) is 3. The number of thiazole rings is 1. The Bertz CT molecular complexity index is 1470. The maximum absolute atomic E-state index is 14.0. The van der Waals surface area contributed by atoms with Crippen molar-refractivity contribution in [2.45, 2.75) is 17.4 Å². The van der Waals surface area contributed by atoms with Crippen molar-refractivity contribution in [2.75, 3.05) is 5.75 Å². The van der Waals surface area contributed by atoms with Crippen LogP contribution in [-0.2, 0) is 13.2 Å². The molecule has 2 aromatic carbocycles. The Morgan fingerprint density at radius 1 is 1.18 bits per heavy atom. The Balaban J connectivity index is 1.83. The van der Waals surface area contributed by atoms with Crippen LogP contribution in [0.4, 0.5) is 13.2 Å². The van der Waals surface area contributed by atoms with Gasteiger partial charge >= 0.3 is 16.9 Å². The Labute approximate surface area is 205 Å². The predicted molar refractivity (Wildman–Crippen MR) is 123 cm³/mol. The van der Waals surface area contributed by atoms with Crippen LogP contribution in [0.1, 0.15) is 16.5 Å². The zero-order valence-corrected chi connectivity index (χ0v) is 19.9. The van der Waals surface area contributed by atoms with Crippen LogP contribution in [0.25, 0.3) is 22.4 Å². The van der Waals surface area contributed by atoms with E-state index >= 15 is 0 Å². The minimum atomic E-state index is -4.56. The molecular formula is C23H15ClF3N3O2S2. The van der Waals surface area contributed by atoms with Crippen molar-refractivity contribution in [1.29, 1.82) is 0 Å². The Morgan fingerprint density at radius 3 is 2.56 bits per heavy atom. The molecule has 4 aromatic rings. The molecule has 0 N–H and O–H groups in total. The monoisotopic (exact) mass is 521 g/mol. The molecule has 1 aliphatic rings. The average molecular weight is 522 g/mol. The van der Waals surface area contributed by atoms with Gasteiger partial charge in [-0.2, -0.15) is 17.7 Å². The van der Waals surface area contributed by atoms with Gasteiger partial charge in [0.15, 0.2) is 16.2 Å². The van der Waals surface area contributed by atoms with E-state index in [1.807, 2.05) is 0 Å². The molecule has 0 saturated carbocycles. The van der Waals surface area contributed by atoms with Gasteiger partial charge in [0.1, 0.15) is 5.56 Å². The molecule has 0 spiro atoms. The molecule has 0 unspecified atom stereocenters. The molecule has 5 rings (SSSR count). The fraction of sp³-hybridized carbons (Fsp3) is 0.174. The highest BCUT2D eigenvalue weighted by Gasteiger charge is 2.40. The Morgan fingerprint density at radius 2 is 1.91 bits per heavy atom. The number of rotatable bonds is 3. The highest BCUT2D eigenvalue weighted by Crippen LogP contribution is 2.40. The van der Waals surface area contributed by atoms with Crippen molar-refractivity contribution >= 4 is 34.7 Å². The first-order valence-electron chi connectivity index (χ1n) is 10.0. The molecule has 1 aliphatic heterocycles. The molecule has 3 heterocycles. The summed E-state index contributed by atoms with van der Waals surface area (Å²) in [6.45, 7) is 0. The second-order valence-corrected chi connectivity index (χ2v) is 10.3. The van der Waals surface area contributed by atoms with Gasteiger partial charge in [0.2, 0.25) is 0 Å². The molecular weight excluding hydrogens is 507 g/mol. The fourth-order valence-corrected chi connectivity index (χ4v) is 6.51. The fourth-order valence-electron chi connectivity index (χ4n) is 4.09. The summed E-state index contributed by atoms with van der Waals surface area (Å²) in [4.78, 5) is 18.8. The minimum absolute atomic E-state index is 0.124. The van der Waals surface area contributed by atoms with Crippen LogP contribution < -0.4 is 15.2 Å². The molecule has 2 aromatic heterocycles. The third-order valence-electron chi connectivity index (χ3n) is 5.61. The molecule has 11 heteroatoms. The van der Waals surface area contributed by atoms with E-state index in [0.717, 1.165) is 17.0 Å². The standard InChI is InChI=1S/C23H15ClF3N3O2S2/c1-29-19(12-5-7-15(31)8-6-12)18(13-3-2-4-14(9-13)23(25,26)27)20(32)30-16(11-33-22(29)30)17-10-28-21(24)34-17/h2-10,16H,11H2,1H3/t16-/m1/s1. The molecule has 0 aliphatic carbocycles. The summed E-state index contributed by atoms with van der Waals surface area (Å²) >= 11 is 8.74. The normalized spacial score (nSPS) is 15.5. The van der Waals surface area contributed by atoms with Crippen molar-refractivity contribution < 1.29 is 22.8 Å². The van der Waals surface area contributed by atoms with Crippen molar-refractivity contribution in [1.82, 2.24) is 9.55 Å². The molecule has 0 fully saturated rings. The van der Waals surface area contributed by atoms with E-state index in [4.69, 9.17) is 11.6 Å². The second kappa shape index (κ2) is 8.44. The van der Waals surface area contributed by atoms with E-state index in [0.29, 0.717) is 26.6 Å². The summed E-state index contributed by atoms with van der Waals surface area (Å²) in [5.74, 6) is 0.341. The van der Waals surface area contributed by atoms with Crippen LogP contribution in [0, 0.1) is 0 Å². The van der Waals surface area contributed by atoms with Gasteiger partial charge in [-0.05, 0) is 29.5 Å². The Hall–Kier alpha value is -2.82. The minimum Gasteiger partial charge on any atom is -0.872 e. The first kappa shape index (κ1) is 22.9. The van der Waals surface area contributed by atoms with Gasteiger partial charge < -0.3 is 5.11 Å². The van der Waals surface area contributed by atoms with Crippen LogP contribution in [0.15, 0.2) is 64.7 Å². The van der Waals surface area contributed by atoms with Gasteiger partial charge in [-0.3, -0.25) is 0 Å². The number of alkyl halides is 3. The van der Waals surface area contributed by atoms with Gasteiger partial charge in [-0.1, -0.05) is 48.0 Å². The maximum Gasteiger partial charge on any atom is 0.416 e. The lowest BCUT2D eigenvalue weighted by atomic mass is 9.98. The van der Waals surface area contributed by atoms with Crippen LogP contribution in [-0.4, -0.2) is 15.3 Å². The van der Waals surface area contributed by atoms with E-state index in [-0.39, 0.29) is 22.9 Å². The lowest BCUT2D eigenvalue weighted by Crippen LogP contribution is -2.43. The first-order chi connectivity index (χ1) is 16.1. The van der Waals surface area contributed by atoms with Crippen molar-refractivity contribution in [2.24, 2.45) is 7.05 Å². The zero-order valence-electron chi connectivity index (χ0n) is 17.5. The number of hydrogen-bond donors (Lipinski definition) is 0. The molecule has 0 radical (unpaired) electrons. The molecule has 0 bridgehead atoms. The van der Waals surface area contributed by atoms with E-state index < -0.39 is 17.3 Å². The van der Waals surface area contributed by atoms with E-state index in [1.165, 1.54) is 47.4 Å². The number of hydrogen-bond acceptors (Lipinski definition) is 5. The van der Waals surface area contributed by atoms with Crippen molar-refractivity contribution in [3.8, 4) is 28.1 Å². The van der Waals surface area contributed by atoms with E-state index in [1.54, 1.807) is 34.5 Å². The summed E-state index contributed by atoms with van der Waals surface area (Å²) < 4.78 is 44.2. The van der Waals surface area contributed by atoms with Crippen LogP contribution in [0.2, 0.25) is 4.47 Å². The summed E-state index contributed by atoms with van der Waals surface area (Å²) in [5.41, 5.74) is -0.0123. The summed E-state index contributed by atoms with van der Waals surface area (Å²) in [6, 6.07) is 10.3. The van der Waals surface area contributed by atoms with Gasteiger partial charge in [-0.25, -0.2) is 14.3 Å². The SMILES string of the molecule is C[n+]1c(-c2ccc([O-])cc2)c(-c2cccc(C(F)(F)F)c2)c(=O)n2c1SC[C@@H]2c1cnc(Cl)s1. The van der Waals surface area contributed by atoms with Gasteiger partial charge in [0.05, 0.1) is 23.2 Å². The predicted octanol–water partition coefficient (Wildman–Crippen LogP) is 4.90. The van der Waals surface area contributed by atoms with Crippen molar-refractivity contribution in [3.05, 3.63) is 80.0 Å². The molecule has 0 saturated heterocycles. The summed E-state index contributed by atoms with van der Waals surface area (Å²) in [5, 5.41) is 12.3. The third kappa shape index (κ3) is 3.89. The van der Waals surface area contributed by atoms with Gasteiger partial charge in [0, 0.05) is 11.8 Å². The summed E-state index contributed by atoms with van der Waals surface area (Å²) in [6.07, 6.45) is -2.95. The van der Waals surface area contributed by atoms with E-state index in [9.17, 15) is 23.1 Å². The van der Waals surface area contributed by atoms with Crippen LogP contribution in [0.3, 0.4) is 0 Å². The number of fused-ring (bicyclic) bond motifs is 1. The quantitative estimate of drug-likeness (QED) is 0.284. The summed E-state index contributed by atoms with van der Waals surface area (Å²) in [7, 11) is 1.76. The molecule has 0 amide bonds. The topological polar surface area (TPSA) is 61.8 Å². The number of benzene rings is 2. The highest BCUT2D eigenvalue weighted by molar-refractivity contribution is 7.99. The number of thioether (sulfide) groups is 1. The maximum atomic E-state index is 14.0. The highest BCUT2D eigenvalue weighted by atomic mass is 35.5. The number of aromatic nitrogens is 3. The lowest BCUT2D eigenvalue weighted by molar-refractivity contribution is -0.704. The number of halogens is 4. The Kier molecular flexibility index (Phi) is 5.70. The van der Waals surface area contributed by atoms with E-state index in [2.05, 4.69) is 4.98 Å². The molecule has 34 heavy (non-hydrogen) atoms. The smallest absolute Gasteiger partial charge is 0.416 e. The lowest BCUT2D eigenvalue weighted by Gasteiger charge is -2.16. The average Bonchev–Trinajstić information content (AvgIpc) is 3.43. The van der Waals surface area contributed by atoms with Gasteiger partial charge in [-0.15, -0.1) is 17.1 Å². The van der Waals surface area contributed by atoms with Crippen LogP contribution in [0.5, 0.6) is 5.75 Å². The zero-order chi connectivity index (χ0) is 24.2. The van der Waals surface area contributed by atoms with Gasteiger partial charge in [0.25, 0.3) is 0 Å². The van der Waals surface area contributed by atoms with Crippen molar-refractivity contribution in [3.63, 3.8) is 0 Å². The molecule has 1 atom stereocenters.